The maximum atomic E-state index is 12.6. The van der Waals surface area contributed by atoms with Gasteiger partial charge in [0.2, 0.25) is 0 Å². The first-order valence-electron chi connectivity index (χ1n) is 9.68. The lowest BCUT2D eigenvalue weighted by atomic mass is 10.2. The van der Waals surface area contributed by atoms with Crippen molar-refractivity contribution in [3.63, 3.8) is 0 Å². The quantitative estimate of drug-likeness (QED) is 0.338. The largest absolute Gasteiger partial charge is 0.467 e. The van der Waals surface area contributed by atoms with Gasteiger partial charge in [-0.1, -0.05) is 30.3 Å². The molecule has 168 valence electrons. The Morgan fingerprint density at radius 3 is 2.40 bits per heavy atom. The molecule has 8 nitrogen and oxygen atoms in total. The Bertz CT molecular complexity index is 678. The van der Waals surface area contributed by atoms with Gasteiger partial charge in [0.1, 0.15) is 18.2 Å². The highest BCUT2D eigenvalue weighted by molar-refractivity contribution is 7.98. The van der Waals surface area contributed by atoms with Crippen molar-refractivity contribution in [2.45, 2.75) is 45.4 Å². The van der Waals surface area contributed by atoms with E-state index in [1.165, 1.54) is 12.0 Å². The minimum atomic E-state index is -1.08. The molecule has 0 saturated heterocycles. The van der Waals surface area contributed by atoms with Crippen LogP contribution >= 0.6 is 11.8 Å². The third kappa shape index (κ3) is 10.4. The number of carbonyl (C=O) groups is 3. The number of thioether (sulfide) groups is 1. The number of rotatable bonds is 10. The van der Waals surface area contributed by atoms with E-state index in [0.29, 0.717) is 13.0 Å². The van der Waals surface area contributed by atoms with Crippen molar-refractivity contribution < 1.29 is 28.6 Å². The Hall–Kier alpha value is -2.42. The van der Waals surface area contributed by atoms with Crippen molar-refractivity contribution in [2.75, 3.05) is 32.2 Å². The summed E-state index contributed by atoms with van der Waals surface area (Å²) in [5, 5.41) is 2.49. The molecule has 0 bridgehead atoms. The van der Waals surface area contributed by atoms with Crippen LogP contribution in [-0.2, 0) is 25.6 Å². The summed E-state index contributed by atoms with van der Waals surface area (Å²) in [7, 11) is 1.22. The van der Waals surface area contributed by atoms with Gasteiger partial charge >= 0.3 is 18.2 Å². The Kier molecular flexibility index (Phi) is 11.1. The van der Waals surface area contributed by atoms with Gasteiger partial charge in [0.25, 0.3) is 0 Å². The van der Waals surface area contributed by atoms with E-state index in [0.717, 1.165) is 11.3 Å². The molecule has 0 heterocycles. The van der Waals surface area contributed by atoms with Crippen LogP contribution in [-0.4, -0.2) is 66.9 Å². The van der Waals surface area contributed by atoms with Crippen LogP contribution in [0.2, 0.25) is 0 Å². The predicted molar refractivity (Wildman–Crippen MR) is 116 cm³/mol. The number of methoxy groups -OCH3 is 1. The van der Waals surface area contributed by atoms with Gasteiger partial charge < -0.3 is 24.4 Å². The molecule has 1 aromatic carbocycles. The van der Waals surface area contributed by atoms with Gasteiger partial charge in [0.15, 0.2) is 0 Å². The normalized spacial score (nSPS) is 11.9. The van der Waals surface area contributed by atoms with Crippen LogP contribution in [0.25, 0.3) is 0 Å². The van der Waals surface area contributed by atoms with Gasteiger partial charge in [-0.3, -0.25) is 0 Å². The molecular weight excluding hydrogens is 408 g/mol. The molecule has 1 rings (SSSR count). The molecule has 0 aliphatic rings. The molecule has 0 aliphatic carbocycles. The second-order valence-electron chi connectivity index (χ2n) is 7.55. The minimum Gasteiger partial charge on any atom is -0.467 e. The zero-order valence-corrected chi connectivity index (χ0v) is 19.1. The highest BCUT2D eigenvalue weighted by Gasteiger charge is 2.29. The number of ether oxygens (including phenoxy) is 3. The lowest BCUT2D eigenvalue weighted by Gasteiger charge is -2.29. The number of carbonyl (C=O) groups excluding carboxylic acids is 3. The molecule has 0 fully saturated rings. The molecule has 0 radical (unpaired) electrons. The summed E-state index contributed by atoms with van der Waals surface area (Å²) in [6.07, 6.45) is 1.35. The van der Waals surface area contributed by atoms with Crippen molar-refractivity contribution in [1.29, 1.82) is 0 Å². The molecule has 0 spiro atoms. The fourth-order valence-electron chi connectivity index (χ4n) is 2.43. The van der Waals surface area contributed by atoms with E-state index < -0.39 is 29.8 Å². The third-order valence-electron chi connectivity index (χ3n) is 3.82. The molecule has 9 heteroatoms. The van der Waals surface area contributed by atoms with Crippen LogP contribution in [0, 0.1) is 0 Å². The van der Waals surface area contributed by atoms with Crippen LogP contribution in [0.1, 0.15) is 32.8 Å². The van der Waals surface area contributed by atoms with E-state index in [4.69, 9.17) is 14.2 Å². The van der Waals surface area contributed by atoms with Crippen molar-refractivity contribution in [2.24, 2.45) is 0 Å². The van der Waals surface area contributed by atoms with Crippen LogP contribution in [0.3, 0.4) is 0 Å². The molecule has 0 unspecified atom stereocenters. The second-order valence-corrected chi connectivity index (χ2v) is 8.54. The Balaban J connectivity index is 2.79. The van der Waals surface area contributed by atoms with Crippen molar-refractivity contribution in [3.05, 3.63) is 35.9 Å². The van der Waals surface area contributed by atoms with Crippen LogP contribution in [0.5, 0.6) is 0 Å². The summed E-state index contributed by atoms with van der Waals surface area (Å²) >= 11 is 1.65. The van der Waals surface area contributed by atoms with E-state index in [1.54, 1.807) is 32.5 Å². The van der Waals surface area contributed by atoms with Crippen molar-refractivity contribution in [3.8, 4) is 0 Å². The van der Waals surface area contributed by atoms with E-state index in [2.05, 4.69) is 5.32 Å². The predicted octanol–water partition coefficient (Wildman–Crippen LogP) is 3.44. The molecule has 1 atom stereocenters. The number of alkyl carbamates (subject to hydrolysis) is 1. The minimum absolute atomic E-state index is 0.0596. The number of nitrogens with zero attached hydrogens (tertiary/aromatic N) is 1. The SMILES string of the molecule is COC(=O)[C@H](CN(CCCSC)C(=O)OC(C)(C)C)NC(=O)OCc1ccccc1. The van der Waals surface area contributed by atoms with Crippen LogP contribution < -0.4 is 5.32 Å². The van der Waals surface area contributed by atoms with E-state index >= 15 is 0 Å². The maximum Gasteiger partial charge on any atom is 0.410 e. The van der Waals surface area contributed by atoms with Gasteiger partial charge in [-0.05, 0) is 44.8 Å². The van der Waals surface area contributed by atoms with E-state index in [1.807, 2.05) is 36.6 Å². The molecule has 0 aromatic heterocycles. The summed E-state index contributed by atoms with van der Waals surface area (Å²) in [5.74, 6) is 0.166. The van der Waals surface area contributed by atoms with E-state index in [9.17, 15) is 14.4 Å². The summed E-state index contributed by atoms with van der Waals surface area (Å²) in [6, 6.07) is 8.09. The van der Waals surface area contributed by atoms with Gasteiger partial charge in [-0.15, -0.1) is 0 Å². The fourth-order valence-corrected chi connectivity index (χ4v) is 2.85. The molecular formula is C21H32N2O6S. The fraction of sp³-hybridized carbons (Fsp3) is 0.571. The topological polar surface area (TPSA) is 94.2 Å². The molecule has 1 aromatic rings. The number of hydrogen-bond donors (Lipinski definition) is 1. The molecule has 0 aliphatic heterocycles. The summed E-state index contributed by atoms with van der Waals surface area (Å²) < 4.78 is 15.4. The first kappa shape index (κ1) is 25.6. The Morgan fingerprint density at radius 1 is 1.17 bits per heavy atom. The summed E-state index contributed by atoms with van der Waals surface area (Å²) in [5.41, 5.74) is 0.132. The van der Waals surface area contributed by atoms with Crippen LogP contribution in [0.15, 0.2) is 30.3 Å². The number of esters is 1. The van der Waals surface area contributed by atoms with E-state index in [-0.39, 0.29) is 13.2 Å². The monoisotopic (exact) mass is 440 g/mol. The lowest BCUT2D eigenvalue weighted by molar-refractivity contribution is -0.143. The summed E-state index contributed by atoms with van der Waals surface area (Å²) in [6.45, 7) is 5.65. The Labute approximate surface area is 182 Å². The summed E-state index contributed by atoms with van der Waals surface area (Å²) in [4.78, 5) is 38.4. The Morgan fingerprint density at radius 2 is 1.83 bits per heavy atom. The van der Waals surface area contributed by atoms with Gasteiger partial charge in [-0.2, -0.15) is 11.8 Å². The maximum absolute atomic E-state index is 12.6. The average molecular weight is 441 g/mol. The average Bonchev–Trinajstić information content (AvgIpc) is 2.69. The number of benzene rings is 1. The zero-order valence-electron chi connectivity index (χ0n) is 18.3. The highest BCUT2D eigenvalue weighted by atomic mass is 32.2. The smallest absolute Gasteiger partial charge is 0.410 e. The first-order chi connectivity index (χ1) is 14.2. The number of nitrogens with one attached hydrogen (secondary N) is 1. The molecule has 1 N–H and O–H groups in total. The van der Waals surface area contributed by atoms with Crippen LogP contribution in [0.4, 0.5) is 9.59 Å². The van der Waals surface area contributed by atoms with Crippen molar-refractivity contribution >= 4 is 29.9 Å². The number of amides is 2. The first-order valence-corrected chi connectivity index (χ1v) is 11.1. The molecule has 0 saturated carbocycles. The lowest BCUT2D eigenvalue weighted by Crippen LogP contribution is -2.51. The van der Waals surface area contributed by atoms with Gasteiger partial charge in [0, 0.05) is 6.54 Å². The number of hydrogen-bond acceptors (Lipinski definition) is 7. The molecule has 2 amide bonds. The standard InChI is InChI=1S/C21H32N2O6S/c1-21(2,3)29-20(26)23(12-9-13-30-5)14-17(18(24)27-4)22-19(25)28-15-16-10-7-6-8-11-16/h6-8,10-11,17H,9,12-15H2,1-5H3,(H,22,25)/t17-/m0/s1. The van der Waals surface area contributed by atoms with Gasteiger partial charge in [0.05, 0.1) is 13.7 Å². The third-order valence-corrected chi connectivity index (χ3v) is 4.52. The highest BCUT2D eigenvalue weighted by Crippen LogP contribution is 2.12. The zero-order chi connectivity index (χ0) is 22.6. The van der Waals surface area contributed by atoms with Gasteiger partial charge in [-0.25, -0.2) is 14.4 Å². The van der Waals surface area contributed by atoms with Crippen molar-refractivity contribution in [1.82, 2.24) is 10.2 Å². The molecule has 30 heavy (non-hydrogen) atoms. The second kappa shape index (κ2) is 13.0.